The third-order valence-electron chi connectivity index (χ3n) is 2.47. The first-order valence-electron chi connectivity index (χ1n) is 5.64. The molecule has 0 aliphatic rings. The van der Waals surface area contributed by atoms with Crippen molar-refractivity contribution in [3.8, 4) is 0 Å². The van der Waals surface area contributed by atoms with Crippen LogP contribution in [0.3, 0.4) is 0 Å². The number of hydrogen-bond donors (Lipinski definition) is 1. The number of esters is 1. The van der Waals surface area contributed by atoms with Crippen LogP contribution in [0.4, 0.5) is 4.39 Å². The molecular weight excluding hydrogens is 237 g/mol. The molecule has 1 aromatic rings. The zero-order chi connectivity index (χ0) is 13.5. The average molecular weight is 253 g/mol. The van der Waals surface area contributed by atoms with Crippen LogP contribution in [0.25, 0.3) is 0 Å². The maximum absolute atomic E-state index is 12.9. The topological polar surface area (TPSA) is 55.4 Å². The van der Waals surface area contributed by atoms with E-state index < -0.39 is 5.97 Å². The molecule has 0 aromatic heterocycles. The van der Waals surface area contributed by atoms with Gasteiger partial charge < -0.3 is 10.1 Å². The Balaban J connectivity index is 2.51. The highest BCUT2D eigenvalue weighted by Gasteiger charge is 2.11. The second kappa shape index (κ2) is 6.74. The van der Waals surface area contributed by atoms with Gasteiger partial charge in [0.05, 0.1) is 0 Å². The van der Waals surface area contributed by atoms with Gasteiger partial charge in [-0.05, 0) is 37.1 Å². The summed E-state index contributed by atoms with van der Waals surface area (Å²) in [7, 11) is 0. The van der Waals surface area contributed by atoms with E-state index in [9.17, 15) is 14.0 Å². The van der Waals surface area contributed by atoms with E-state index in [1.54, 1.807) is 19.9 Å². The van der Waals surface area contributed by atoms with Gasteiger partial charge >= 0.3 is 5.97 Å². The molecule has 0 bridgehead atoms. The lowest BCUT2D eigenvalue weighted by molar-refractivity contribution is -0.147. The Kier molecular flexibility index (Phi) is 5.30. The molecule has 98 valence electrons. The van der Waals surface area contributed by atoms with Crippen LogP contribution in [0.2, 0.25) is 0 Å². The van der Waals surface area contributed by atoms with E-state index in [0.717, 1.165) is 11.1 Å². The van der Waals surface area contributed by atoms with Gasteiger partial charge in [0.2, 0.25) is 6.41 Å². The van der Waals surface area contributed by atoms with Crippen LogP contribution in [-0.2, 0) is 20.7 Å². The fourth-order valence-electron chi connectivity index (χ4n) is 1.63. The van der Waals surface area contributed by atoms with E-state index in [0.29, 0.717) is 12.8 Å². The van der Waals surface area contributed by atoms with Crippen molar-refractivity contribution in [3.05, 3.63) is 35.1 Å². The first-order valence-corrected chi connectivity index (χ1v) is 5.64. The molecule has 0 fully saturated rings. The van der Waals surface area contributed by atoms with Crippen molar-refractivity contribution in [2.75, 3.05) is 6.54 Å². The first kappa shape index (κ1) is 14.2. The molecule has 1 atom stereocenters. The quantitative estimate of drug-likeness (QED) is 0.615. The molecule has 4 nitrogen and oxygen atoms in total. The minimum atomic E-state index is -0.491. The van der Waals surface area contributed by atoms with Gasteiger partial charge in [-0.3, -0.25) is 9.59 Å². The Morgan fingerprint density at radius 2 is 2.28 bits per heavy atom. The predicted octanol–water partition coefficient (Wildman–Crippen LogP) is 1.35. The fraction of sp³-hybridized carbons (Fsp3) is 0.385. The molecule has 0 radical (unpaired) electrons. The third kappa shape index (κ3) is 4.53. The summed E-state index contributed by atoms with van der Waals surface area (Å²) in [6.07, 6.45) is 0.629. The van der Waals surface area contributed by atoms with E-state index in [4.69, 9.17) is 4.74 Å². The molecule has 1 rings (SSSR count). The number of amides is 1. The molecule has 18 heavy (non-hydrogen) atoms. The van der Waals surface area contributed by atoms with Crippen LogP contribution in [0.5, 0.6) is 0 Å². The normalized spacial score (nSPS) is 11.7. The molecule has 0 aliphatic heterocycles. The minimum Gasteiger partial charge on any atom is -0.461 e. The highest BCUT2D eigenvalue weighted by Crippen LogP contribution is 2.13. The summed E-state index contributed by atoms with van der Waals surface area (Å²) in [5, 5.41) is 2.23. The Hall–Kier alpha value is -1.91. The average Bonchev–Trinajstić information content (AvgIpc) is 2.30. The zero-order valence-electron chi connectivity index (χ0n) is 10.4. The molecule has 0 spiro atoms. The number of hydrogen-bond acceptors (Lipinski definition) is 3. The maximum atomic E-state index is 12.9. The Morgan fingerprint density at radius 1 is 1.56 bits per heavy atom. The minimum absolute atomic E-state index is 0.143. The fourth-order valence-corrected chi connectivity index (χ4v) is 1.63. The zero-order valence-corrected chi connectivity index (χ0v) is 10.4. The van der Waals surface area contributed by atoms with Crippen LogP contribution in [0.15, 0.2) is 18.2 Å². The Morgan fingerprint density at radius 3 is 2.89 bits per heavy atom. The van der Waals surface area contributed by atoms with Crippen LogP contribution >= 0.6 is 0 Å². The summed E-state index contributed by atoms with van der Waals surface area (Å²) in [6, 6.07) is 4.50. The molecule has 1 amide bonds. The van der Waals surface area contributed by atoms with Crippen molar-refractivity contribution >= 4 is 12.4 Å². The van der Waals surface area contributed by atoms with Gasteiger partial charge in [-0.1, -0.05) is 6.07 Å². The lowest BCUT2D eigenvalue weighted by atomic mass is 10.0. The van der Waals surface area contributed by atoms with E-state index in [1.807, 2.05) is 0 Å². The Bertz CT molecular complexity index is 434. The van der Waals surface area contributed by atoms with Crippen molar-refractivity contribution in [2.45, 2.75) is 26.4 Å². The van der Waals surface area contributed by atoms with Crippen LogP contribution in [0.1, 0.15) is 18.1 Å². The standard InChI is InChI=1S/C13H16FNO3/c1-9-5-12(14)4-3-11(9)6-10(2)18-13(17)7-15-8-16/h3-5,8,10H,6-7H2,1-2H3,(H,15,16). The molecule has 0 saturated carbocycles. The molecule has 0 aliphatic carbocycles. The van der Waals surface area contributed by atoms with Crippen molar-refractivity contribution in [2.24, 2.45) is 0 Å². The van der Waals surface area contributed by atoms with Crippen molar-refractivity contribution < 1.29 is 18.7 Å². The van der Waals surface area contributed by atoms with Crippen LogP contribution < -0.4 is 5.32 Å². The van der Waals surface area contributed by atoms with E-state index in [2.05, 4.69) is 5.32 Å². The van der Waals surface area contributed by atoms with E-state index in [-0.39, 0.29) is 18.5 Å². The third-order valence-corrected chi connectivity index (χ3v) is 2.47. The SMILES string of the molecule is Cc1cc(F)ccc1CC(C)OC(=O)CNC=O. The second-order valence-corrected chi connectivity index (χ2v) is 4.07. The smallest absolute Gasteiger partial charge is 0.325 e. The number of benzene rings is 1. The summed E-state index contributed by atoms with van der Waals surface area (Å²) in [5.41, 5.74) is 1.75. The van der Waals surface area contributed by atoms with Gasteiger partial charge in [0, 0.05) is 6.42 Å². The molecular formula is C13H16FNO3. The number of ether oxygens (including phenoxy) is 1. The van der Waals surface area contributed by atoms with Gasteiger partial charge in [0.25, 0.3) is 0 Å². The van der Waals surface area contributed by atoms with Gasteiger partial charge in [-0.15, -0.1) is 0 Å². The number of carbonyl (C=O) groups excluding carboxylic acids is 2. The summed E-state index contributed by atoms with van der Waals surface area (Å²) < 4.78 is 18.0. The van der Waals surface area contributed by atoms with Crippen molar-refractivity contribution in [1.82, 2.24) is 5.32 Å². The molecule has 0 saturated heterocycles. The predicted molar refractivity (Wildman–Crippen MR) is 64.5 cm³/mol. The summed E-state index contributed by atoms with van der Waals surface area (Å²) in [6.45, 7) is 3.42. The van der Waals surface area contributed by atoms with Gasteiger partial charge in [0.1, 0.15) is 18.5 Å². The highest BCUT2D eigenvalue weighted by molar-refractivity contribution is 5.74. The molecule has 0 heterocycles. The second-order valence-electron chi connectivity index (χ2n) is 4.07. The summed E-state index contributed by atoms with van der Waals surface area (Å²) >= 11 is 0. The lowest BCUT2D eigenvalue weighted by Gasteiger charge is -2.14. The molecule has 1 unspecified atom stereocenters. The molecule has 1 aromatic carbocycles. The monoisotopic (exact) mass is 253 g/mol. The number of aryl methyl sites for hydroxylation is 1. The van der Waals surface area contributed by atoms with Gasteiger partial charge in [0.15, 0.2) is 0 Å². The Labute approximate surface area is 105 Å². The van der Waals surface area contributed by atoms with Crippen molar-refractivity contribution in [3.63, 3.8) is 0 Å². The van der Waals surface area contributed by atoms with Crippen molar-refractivity contribution in [1.29, 1.82) is 0 Å². The largest absolute Gasteiger partial charge is 0.461 e. The highest BCUT2D eigenvalue weighted by atomic mass is 19.1. The number of halogens is 1. The lowest BCUT2D eigenvalue weighted by Crippen LogP contribution is -2.27. The van der Waals surface area contributed by atoms with Gasteiger partial charge in [-0.25, -0.2) is 4.39 Å². The first-order chi connectivity index (χ1) is 8.52. The molecule has 5 heteroatoms. The van der Waals surface area contributed by atoms with E-state index >= 15 is 0 Å². The maximum Gasteiger partial charge on any atom is 0.325 e. The number of rotatable bonds is 6. The summed E-state index contributed by atoms with van der Waals surface area (Å²) in [4.78, 5) is 21.2. The number of nitrogens with one attached hydrogen (secondary N) is 1. The summed E-state index contributed by atoms with van der Waals surface area (Å²) in [5.74, 6) is -0.773. The van der Waals surface area contributed by atoms with Gasteiger partial charge in [-0.2, -0.15) is 0 Å². The van der Waals surface area contributed by atoms with E-state index in [1.165, 1.54) is 12.1 Å². The molecule has 1 N–H and O–H groups in total. The van der Waals surface area contributed by atoms with Crippen LogP contribution in [0, 0.1) is 12.7 Å². The number of carbonyl (C=O) groups is 2. The van der Waals surface area contributed by atoms with Crippen LogP contribution in [-0.4, -0.2) is 25.0 Å².